The molecule has 0 bridgehead atoms. The van der Waals surface area contributed by atoms with E-state index in [2.05, 4.69) is 10.3 Å². The molecule has 0 spiro atoms. The van der Waals surface area contributed by atoms with Crippen molar-refractivity contribution in [3.05, 3.63) is 30.1 Å². The van der Waals surface area contributed by atoms with Gasteiger partial charge < -0.3 is 15.2 Å². The highest BCUT2D eigenvalue weighted by molar-refractivity contribution is 5.98. The molecule has 21 heavy (non-hydrogen) atoms. The molecule has 1 saturated carbocycles. The number of aliphatic carboxylic acids is 1. The van der Waals surface area contributed by atoms with Crippen LogP contribution in [0.25, 0.3) is 0 Å². The minimum absolute atomic E-state index is 0.184. The van der Waals surface area contributed by atoms with Crippen molar-refractivity contribution in [3.63, 3.8) is 0 Å². The topological polar surface area (TPSA) is 88.5 Å². The van der Waals surface area contributed by atoms with E-state index >= 15 is 0 Å². The van der Waals surface area contributed by atoms with Crippen LogP contribution in [0.3, 0.4) is 0 Å². The van der Waals surface area contributed by atoms with Crippen LogP contribution in [-0.2, 0) is 9.53 Å². The molecule has 1 aliphatic rings. The first-order chi connectivity index (χ1) is 9.85. The van der Waals surface area contributed by atoms with E-state index in [9.17, 15) is 14.7 Å². The van der Waals surface area contributed by atoms with Gasteiger partial charge in [-0.25, -0.2) is 4.79 Å². The molecule has 0 aromatic carbocycles. The number of carbonyl (C=O) groups is 2. The summed E-state index contributed by atoms with van der Waals surface area (Å²) in [6.45, 7) is 5.99. The number of nitrogens with one attached hydrogen (secondary N) is 1. The quantitative estimate of drug-likeness (QED) is 0.858. The summed E-state index contributed by atoms with van der Waals surface area (Å²) in [7, 11) is 0. The number of aromatic nitrogens is 1. The van der Waals surface area contributed by atoms with Crippen molar-refractivity contribution >= 4 is 11.9 Å². The second-order valence-electron chi connectivity index (χ2n) is 5.77. The summed E-state index contributed by atoms with van der Waals surface area (Å²) < 4.78 is 5.56. The first-order valence-corrected chi connectivity index (χ1v) is 6.92. The normalized spacial score (nSPS) is 26.7. The van der Waals surface area contributed by atoms with Gasteiger partial charge in [-0.2, -0.15) is 0 Å². The Morgan fingerprint density at radius 1 is 1.43 bits per heavy atom. The first kappa shape index (κ1) is 15.4. The Morgan fingerprint density at radius 3 is 2.52 bits per heavy atom. The fraction of sp³-hybridized carbons (Fsp3) is 0.533. The van der Waals surface area contributed by atoms with Crippen LogP contribution in [0, 0.1) is 5.41 Å². The van der Waals surface area contributed by atoms with Gasteiger partial charge in [0.1, 0.15) is 5.54 Å². The van der Waals surface area contributed by atoms with E-state index in [0.29, 0.717) is 12.2 Å². The van der Waals surface area contributed by atoms with Crippen LogP contribution in [0.2, 0.25) is 0 Å². The van der Waals surface area contributed by atoms with E-state index in [1.165, 1.54) is 12.4 Å². The highest BCUT2D eigenvalue weighted by Gasteiger charge is 2.66. The number of pyridine rings is 1. The molecule has 2 N–H and O–H groups in total. The molecule has 2 atom stereocenters. The summed E-state index contributed by atoms with van der Waals surface area (Å²) in [5, 5.41) is 12.3. The van der Waals surface area contributed by atoms with Crippen molar-refractivity contribution in [3.8, 4) is 0 Å². The fourth-order valence-electron chi connectivity index (χ4n) is 2.81. The van der Waals surface area contributed by atoms with Crippen molar-refractivity contribution in [2.45, 2.75) is 38.8 Å². The number of hydrogen-bond donors (Lipinski definition) is 2. The van der Waals surface area contributed by atoms with E-state index in [4.69, 9.17) is 4.74 Å². The lowest BCUT2D eigenvalue weighted by atomic mass is 9.54. The lowest BCUT2D eigenvalue weighted by Gasteiger charge is -2.58. The van der Waals surface area contributed by atoms with Crippen LogP contribution >= 0.6 is 0 Å². The number of hydrogen-bond acceptors (Lipinski definition) is 4. The molecule has 1 heterocycles. The number of carboxylic acid groups (broad SMARTS) is 1. The minimum Gasteiger partial charge on any atom is -0.479 e. The van der Waals surface area contributed by atoms with Crippen LogP contribution in [0.15, 0.2) is 24.5 Å². The Labute approximate surface area is 123 Å². The SMILES string of the molecule is CCOC1CC(NC(=O)c2ccncc2)(C(=O)O)C1(C)C. The van der Waals surface area contributed by atoms with Gasteiger partial charge in [0, 0.05) is 36.4 Å². The van der Waals surface area contributed by atoms with Crippen LogP contribution < -0.4 is 5.32 Å². The fourth-order valence-corrected chi connectivity index (χ4v) is 2.81. The van der Waals surface area contributed by atoms with E-state index in [1.807, 2.05) is 6.92 Å². The molecule has 2 rings (SSSR count). The Morgan fingerprint density at radius 2 is 2.05 bits per heavy atom. The highest BCUT2D eigenvalue weighted by atomic mass is 16.5. The van der Waals surface area contributed by atoms with Crippen LogP contribution in [0.5, 0.6) is 0 Å². The maximum atomic E-state index is 12.3. The van der Waals surface area contributed by atoms with Crippen molar-refractivity contribution < 1.29 is 19.4 Å². The number of rotatable bonds is 5. The third kappa shape index (κ3) is 2.40. The highest BCUT2D eigenvalue weighted by Crippen LogP contribution is 2.51. The van der Waals surface area contributed by atoms with Crippen molar-refractivity contribution in [2.24, 2.45) is 5.41 Å². The van der Waals surface area contributed by atoms with Gasteiger partial charge in [0.15, 0.2) is 0 Å². The Kier molecular flexibility index (Phi) is 4.00. The molecule has 6 heteroatoms. The number of ether oxygens (including phenoxy) is 1. The Balaban J connectivity index is 2.22. The van der Waals surface area contributed by atoms with Crippen LogP contribution in [0.1, 0.15) is 37.6 Å². The molecule has 6 nitrogen and oxygen atoms in total. The molecule has 1 amide bonds. The van der Waals surface area contributed by atoms with Crippen LogP contribution in [-0.4, -0.2) is 40.2 Å². The number of amides is 1. The van der Waals surface area contributed by atoms with Gasteiger partial charge in [0.25, 0.3) is 5.91 Å². The molecule has 1 fully saturated rings. The van der Waals surface area contributed by atoms with Gasteiger partial charge >= 0.3 is 5.97 Å². The van der Waals surface area contributed by atoms with Crippen molar-refractivity contribution in [1.82, 2.24) is 10.3 Å². The maximum Gasteiger partial charge on any atom is 0.330 e. The molecule has 1 aliphatic carbocycles. The lowest BCUT2D eigenvalue weighted by Crippen LogP contribution is -2.76. The number of nitrogens with zero attached hydrogens (tertiary/aromatic N) is 1. The average Bonchev–Trinajstić information content (AvgIpc) is 2.46. The molecular weight excluding hydrogens is 272 g/mol. The van der Waals surface area contributed by atoms with E-state index in [1.54, 1.807) is 26.0 Å². The maximum absolute atomic E-state index is 12.3. The summed E-state index contributed by atoms with van der Waals surface area (Å²) in [4.78, 5) is 27.9. The standard InChI is InChI=1S/C15H20N2O4/c1-4-21-11-9-15(13(19)20,14(11,2)3)17-12(18)10-5-7-16-8-6-10/h5-8,11H,4,9H2,1-3H3,(H,17,18)(H,19,20). The number of carboxylic acids is 1. The van der Waals surface area contributed by atoms with Crippen LogP contribution in [0.4, 0.5) is 0 Å². The van der Waals surface area contributed by atoms with E-state index in [-0.39, 0.29) is 12.5 Å². The van der Waals surface area contributed by atoms with Gasteiger partial charge in [-0.1, -0.05) is 13.8 Å². The molecule has 0 aliphatic heterocycles. The number of carbonyl (C=O) groups excluding carboxylic acids is 1. The van der Waals surface area contributed by atoms with Crippen molar-refractivity contribution in [1.29, 1.82) is 0 Å². The van der Waals surface area contributed by atoms with Gasteiger partial charge in [0.2, 0.25) is 0 Å². The lowest BCUT2D eigenvalue weighted by molar-refractivity contribution is -0.190. The van der Waals surface area contributed by atoms with Gasteiger partial charge in [-0.15, -0.1) is 0 Å². The third-order valence-corrected chi connectivity index (χ3v) is 4.40. The van der Waals surface area contributed by atoms with Gasteiger partial charge in [0.05, 0.1) is 6.10 Å². The second-order valence-corrected chi connectivity index (χ2v) is 5.77. The predicted octanol–water partition coefficient (Wildman–Crippen LogP) is 1.47. The van der Waals surface area contributed by atoms with Gasteiger partial charge in [-0.3, -0.25) is 9.78 Å². The Bertz CT molecular complexity index is 544. The van der Waals surface area contributed by atoms with Gasteiger partial charge in [-0.05, 0) is 19.1 Å². The second kappa shape index (κ2) is 5.44. The molecule has 0 radical (unpaired) electrons. The van der Waals surface area contributed by atoms with E-state index < -0.39 is 22.8 Å². The van der Waals surface area contributed by atoms with Crippen molar-refractivity contribution in [2.75, 3.05) is 6.61 Å². The zero-order valence-electron chi connectivity index (χ0n) is 12.4. The molecular formula is C15H20N2O4. The summed E-state index contributed by atoms with van der Waals surface area (Å²) >= 11 is 0. The Hall–Kier alpha value is -1.95. The monoisotopic (exact) mass is 292 g/mol. The molecule has 2 unspecified atom stereocenters. The summed E-state index contributed by atoms with van der Waals surface area (Å²) in [6, 6.07) is 3.10. The molecule has 114 valence electrons. The minimum atomic E-state index is -1.31. The molecule has 1 aromatic rings. The third-order valence-electron chi connectivity index (χ3n) is 4.40. The predicted molar refractivity (Wildman–Crippen MR) is 75.9 cm³/mol. The zero-order chi connectivity index (χ0) is 15.7. The zero-order valence-corrected chi connectivity index (χ0v) is 12.4. The largest absolute Gasteiger partial charge is 0.479 e. The summed E-state index contributed by atoms with van der Waals surface area (Å²) in [6.07, 6.45) is 3.07. The molecule has 1 aromatic heterocycles. The molecule has 0 saturated heterocycles. The summed E-state index contributed by atoms with van der Waals surface area (Å²) in [5.41, 5.74) is -1.61. The summed E-state index contributed by atoms with van der Waals surface area (Å²) in [5.74, 6) is -1.45. The smallest absolute Gasteiger partial charge is 0.330 e. The van der Waals surface area contributed by atoms with E-state index in [0.717, 1.165) is 0 Å². The average molecular weight is 292 g/mol. The first-order valence-electron chi connectivity index (χ1n) is 6.92.